The van der Waals surface area contributed by atoms with Gasteiger partial charge in [0.1, 0.15) is 0 Å². The first-order valence-corrected chi connectivity index (χ1v) is 7.37. The average Bonchev–Trinajstić information content (AvgIpc) is 2.34. The van der Waals surface area contributed by atoms with Crippen molar-refractivity contribution >= 4 is 10.0 Å². The first-order chi connectivity index (χ1) is 9.09. The normalized spacial score (nSPS) is 14.6. The van der Waals surface area contributed by atoms with Crippen LogP contribution in [0.15, 0.2) is 29.2 Å². The zero-order valence-corrected chi connectivity index (χ0v) is 11.8. The quantitative estimate of drug-likeness (QED) is 0.874. The molecule has 0 fully saturated rings. The van der Waals surface area contributed by atoms with E-state index in [0.29, 0.717) is 6.07 Å². The van der Waals surface area contributed by atoms with Gasteiger partial charge in [-0.15, -0.1) is 0 Å². The molecule has 0 amide bonds. The van der Waals surface area contributed by atoms with E-state index >= 15 is 0 Å². The Labute approximate surface area is 115 Å². The molecule has 1 aromatic carbocycles. The van der Waals surface area contributed by atoms with Crippen LogP contribution in [0.2, 0.25) is 0 Å². The van der Waals surface area contributed by atoms with Crippen LogP contribution in [0.25, 0.3) is 0 Å². The van der Waals surface area contributed by atoms with E-state index in [4.69, 9.17) is 5.11 Å². The topological polar surface area (TPSA) is 66.4 Å². The number of halogens is 3. The number of hydrogen-bond acceptors (Lipinski definition) is 3. The van der Waals surface area contributed by atoms with Gasteiger partial charge in [0.15, 0.2) is 0 Å². The van der Waals surface area contributed by atoms with Gasteiger partial charge < -0.3 is 5.11 Å². The lowest BCUT2D eigenvalue weighted by atomic mass is 10.1. The Morgan fingerprint density at radius 3 is 2.25 bits per heavy atom. The number of aliphatic hydroxyl groups excluding tert-OH is 1. The molecule has 2 N–H and O–H groups in total. The van der Waals surface area contributed by atoms with Crippen molar-refractivity contribution in [3.63, 3.8) is 0 Å². The van der Waals surface area contributed by atoms with Gasteiger partial charge in [0.25, 0.3) is 0 Å². The van der Waals surface area contributed by atoms with E-state index in [9.17, 15) is 21.6 Å². The molecule has 0 aliphatic carbocycles. The number of rotatable bonds is 5. The summed E-state index contributed by atoms with van der Waals surface area (Å²) < 4.78 is 64.6. The van der Waals surface area contributed by atoms with E-state index < -0.39 is 39.3 Å². The van der Waals surface area contributed by atoms with Gasteiger partial charge in [-0.2, -0.15) is 13.2 Å². The summed E-state index contributed by atoms with van der Waals surface area (Å²) in [6.45, 7) is 2.81. The molecule has 0 saturated heterocycles. The molecule has 4 nitrogen and oxygen atoms in total. The van der Waals surface area contributed by atoms with Crippen molar-refractivity contribution in [2.45, 2.75) is 31.0 Å². The molecule has 0 radical (unpaired) electrons. The van der Waals surface area contributed by atoms with Gasteiger partial charge in [-0.05, 0) is 18.1 Å². The van der Waals surface area contributed by atoms with Gasteiger partial charge in [-0.25, -0.2) is 13.1 Å². The van der Waals surface area contributed by atoms with Crippen LogP contribution in [0.4, 0.5) is 13.2 Å². The molecular formula is C12H16F3NO3S. The van der Waals surface area contributed by atoms with Gasteiger partial charge in [-0.3, -0.25) is 0 Å². The third-order valence-electron chi connectivity index (χ3n) is 2.79. The molecule has 1 aromatic rings. The smallest absolute Gasteiger partial charge is 0.395 e. The summed E-state index contributed by atoms with van der Waals surface area (Å²) in [6, 6.07) is 3.08. The van der Waals surface area contributed by atoms with Crippen molar-refractivity contribution in [2.24, 2.45) is 5.92 Å². The van der Waals surface area contributed by atoms with Crippen molar-refractivity contribution in [2.75, 3.05) is 6.61 Å². The summed E-state index contributed by atoms with van der Waals surface area (Å²) in [5.41, 5.74) is -1.23. The van der Waals surface area contributed by atoms with Crippen LogP contribution in [0.3, 0.4) is 0 Å². The molecule has 0 aromatic heterocycles. The summed E-state index contributed by atoms with van der Waals surface area (Å²) in [5, 5.41) is 9.09. The fraction of sp³-hybridized carbons (Fsp3) is 0.500. The number of aliphatic hydroxyl groups is 1. The highest BCUT2D eigenvalue weighted by Crippen LogP contribution is 2.34. The SMILES string of the molecule is CC(C)[C@@H](CO)NS(=O)(=O)c1ccccc1C(F)(F)F. The van der Waals surface area contributed by atoms with E-state index in [1.807, 2.05) is 0 Å². The molecule has 0 unspecified atom stereocenters. The van der Waals surface area contributed by atoms with Crippen molar-refractivity contribution in [3.05, 3.63) is 29.8 Å². The Morgan fingerprint density at radius 2 is 1.80 bits per heavy atom. The molecule has 0 aliphatic rings. The molecule has 0 bridgehead atoms. The zero-order chi connectivity index (χ0) is 15.6. The molecule has 0 heterocycles. The third kappa shape index (κ3) is 3.94. The maximum absolute atomic E-state index is 12.8. The predicted octanol–water partition coefficient (Wildman–Crippen LogP) is 2.00. The minimum atomic E-state index is -4.77. The van der Waals surface area contributed by atoms with E-state index in [2.05, 4.69) is 4.72 Å². The van der Waals surface area contributed by atoms with Crippen LogP contribution in [0.1, 0.15) is 19.4 Å². The third-order valence-corrected chi connectivity index (χ3v) is 4.34. The van der Waals surface area contributed by atoms with Crippen molar-refractivity contribution in [3.8, 4) is 0 Å². The minimum absolute atomic E-state index is 0.257. The Hall–Kier alpha value is -1.12. The monoisotopic (exact) mass is 311 g/mol. The fourth-order valence-electron chi connectivity index (χ4n) is 1.58. The predicted molar refractivity (Wildman–Crippen MR) is 67.5 cm³/mol. The zero-order valence-electron chi connectivity index (χ0n) is 11.0. The molecule has 0 saturated carbocycles. The van der Waals surface area contributed by atoms with Gasteiger partial charge in [0.05, 0.1) is 17.1 Å². The second-order valence-electron chi connectivity index (χ2n) is 4.65. The lowest BCUT2D eigenvalue weighted by molar-refractivity contribution is -0.139. The second kappa shape index (κ2) is 6.11. The summed E-state index contributed by atoms with van der Waals surface area (Å²) in [6.07, 6.45) is -4.77. The van der Waals surface area contributed by atoms with Crippen molar-refractivity contribution in [1.29, 1.82) is 0 Å². The van der Waals surface area contributed by atoms with E-state index in [1.54, 1.807) is 13.8 Å². The first-order valence-electron chi connectivity index (χ1n) is 5.89. The minimum Gasteiger partial charge on any atom is -0.395 e. The Bertz CT molecular complexity index is 555. The fourth-order valence-corrected chi connectivity index (χ4v) is 3.19. The van der Waals surface area contributed by atoms with E-state index in [0.717, 1.165) is 12.1 Å². The largest absolute Gasteiger partial charge is 0.417 e. The van der Waals surface area contributed by atoms with Crippen LogP contribution in [0.5, 0.6) is 0 Å². The van der Waals surface area contributed by atoms with Gasteiger partial charge >= 0.3 is 6.18 Å². The van der Waals surface area contributed by atoms with Crippen molar-refractivity contribution in [1.82, 2.24) is 4.72 Å². The van der Waals surface area contributed by atoms with Gasteiger partial charge in [0, 0.05) is 6.04 Å². The average molecular weight is 311 g/mol. The molecule has 0 spiro atoms. The standard InChI is InChI=1S/C12H16F3NO3S/c1-8(2)10(7-17)16-20(18,19)11-6-4-3-5-9(11)12(13,14)15/h3-6,8,10,16-17H,7H2,1-2H3/t10-/m1/s1. The molecule has 1 atom stereocenters. The highest BCUT2D eigenvalue weighted by atomic mass is 32.2. The Kier molecular flexibility index (Phi) is 5.17. The highest BCUT2D eigenvalue weighted by Gasteiger charge is 2.37. The number of nitrogens with one attached hydrogen (secondary N) is 1. The number of benzene rings is 1. The van der Waals surface area contributed by atoms with Gasteiger partial charge in [0.2, 0.25) is 10.0 Å². The van der Waals surface area contributed by atoms with Crippen molar-refractivity contribution < 1.29 is 26.7 Å². The molecule has 20 heavy (non-hydrogen) atoms. The van der Waals surface area contributed by atoms with E-state index in [-0.39, 0.29) is 5.92 Å². The number of hydrogen-bond donors (Lipinski definition) is 2. The molecule has 0 aliphatic heterocycles. The molecular weight excluding hydrogens is 295 g/mol. The first kappa shape index (κ1) is 16.9. The lowest BCUT2D eigenvalue weighted by Gasteiger charge is -2.21. The van der Waals surface area contributed by atoms with Crippen LogP contribution in [0, 0.1) is 5.92 Å². The number of alkyl halides is 3. The second-order valence-corrected chi connectivity index (χ2v) is 6.33. The Morgan fingerprint density at radius 1 is 1.25 bits per heavy atom. The van der Waals surface area contributed by atoms with Crippen LogP contribution in [-0.4, -0.2) is 26.2 Å². The maximum Gasteiger partial charge on any atom is 0.417 e. The molecule has 1 rings (SSSR count). The van der Waals surface area contributed by atoms with Crippen LogP contribution >= 0.6 is 0 Å². The lowest BCUT2D eigenvalue weighted by Crippen LogP contribution is -2.41. The van der Waals surface area contributed by atoms with Crippen LogP contribution in [-0.2, 0) is 16.2 Å². The summed E-state index contributed by atoms with van der Waals surface area (Å²) in [4.78, 5) is -0.841. The molecule has 114 valence electrons. The molecule has 8 heteroatoms. The Balaban J connectivity index is 3.23. The summed E-state index contributed by atoms with van der Waals surface area (Å²) in [7, 11) is -4.36. The highest BCUT2D eigenvalue weighted by molar-refractivity contribution is 7.89. The van der Waals surface area contributed by atoms with Crippen LogP contribution < -0.4 is 4.72 Å². The number of sulfonamides is 1. The maximum atomic E-state index is 12.8. The summed E-state index contributed by atoms with van der Waals surface area (Å²) >= 11 is 0. The summed E-state index contributed by atoms with van der Waals surface area (Å²) in [5.74, 6) is -0.257. The van der Waals surface area contributed by atoms with Gasteiger partial charge in [-0.1, -0.05) is 26.0 Å². The van der Waals surface area contributed by atoms with E-state index in [1.165, 1.54) is 6.07 Å².